The molecule has 1 heterocycles. The summed E-state index contributed by atoms with van der Waals surface area (Å²) in [5, 5.41) is 3.29. The molecule has 0 unspecified atom stereocenters. The van der Waals surface area contributed by atoms with Crippen molar-refractivity contribution in [2.24, 2.45) is 5.84 Å². The molecule has 0 saturated carbocycles. The van der Waals surface area contributed by atoms with Crippen LogP contribution in [0.1, 0.15) is 10.4 Å². The van der Waals surface area contributed by atoms with Crippen molar-refractivity contribution in [2.75, 3.05) is 5.32 Å². The second-order valence-electron chi connectivity index (χ2n) is 3.88. The molecule has 0 spiro atoms. The van der Waals surface area contributed by atoms with Gasteiger partial charge in [0.1, 0.15) is 0 Å². The number of fused-ring (bicyclic) bond motifs is 2. The van der Waals surface area contributed by atoms with Crippen LogP contribution in [0.5, 0.6) is 0 Å². The molecular weight excluding hydrogens is 246 g/mol. The highest BCUT2D eigenvalue weighted by molar-refractivity contribution is 7.99. The van der Waals surface area contributed by atoms with Crippen molar-refractivity contribution in [3.63, 3.8) is 0 Å². The summed E-state index contributed by atoms with van der Waals surface area (Å²) < 4.78 is 0. The monoisotopic (exact) mass is 257 g/mol. The van der Waals surface area contributed by atoms with Crippen molar-refractivity contribution in [3.8, 4) is 0 Å². The van der Waals surface area contributed by atoms with E-state index in [-0.39, 0.29) is 5.91 Å². The Labute approximate surface area is 109 Å². The number of carbonyl (C=O) groups excluding carboxylic acids is 1. The van der Waals surface area contributed by atoms with Crippen molar-refractivity contribution < 1.29 is 4.79 Å². The molecule has 1 amide bonds. The predicted molar refractivity (Wildman–Crippen MR) is 71.9 cm³/mol. The Balaban J connectivity index is 2.10. The minimum Gasteiger partial charge on any atom is -0.353 e. The van der Waals surface area contributed by atoms with Gasteiger partial charge >= 0.3 is 0 Å². The summed E-state index contributed by atoms with van der Waals surface area (Å²) in [4.78, 5) is 13.9. The third-order valence-corrected chi connectivity index (χ3v) is 3.90. The van der Waals surface area contributed by atoms with Crippen LogP contribution in [0.25, 0.3) is 0 Å². The molecule has 4 N–H and O–H groups in total. The highest BCUT2D eigenvalue weighted by Gasteiger charge is 2.20. The van der Waals surface area contributed by atoms with Crippen molar-refractivity contribution in [2.45, 2.75) is 9.79 Å². The maximum absolute atomic E-state index is 11.7. The molecule has 18 heavy (non-hydrogen) atoms. The largest absolute Gasteiger partial charge is 0.353 e. The summed E-state index contributed by atoms with van der Waals surface area (Å²) in [5.74, 6) is 4.91. The fourth-order valence-corrected chi connectivity index (χ4v) is 2.95. The number of nitrogens with two attached hydrogens (primary N) is 1. The molecule has 1 aliphatic rings. The normalized spacial score (nSPS) is 12.1. The lowest BCUT2D eigenvalue weighted by atomic mass is 10.1. The number of nitrogen functional groups attached to an aromatic ring is 1. The van der Waals surface area contributed by atoms with E-state index in [0.717, 1.165) is 21.2 Å². The third kappa shape index (κ3) is 1.73. The van der Waals surface area contributed by atoms with Gasteiger partial charge in [-0.15, -0.1) is 0 Å². The molecular formula is C13H11N3OS. The molecule has 90 valence electrons. The number of benzene rings is 2. The Morgan fingerprint density at radius 3 is 2.72 bits per heavy atom. The van der Waals surface area contributed by atoms with Crippen molar-refractivity contribution in [1.82, 2.24) is 5.43 Å². The van der Waals surface area contributed by atoms with Crippen molar-refractivity contribution in [3.05, 3.63) is 48.0 Å². The van der Waals surface area contributed by atoms with Gasteiger partial charge in [0.2, 0.25) is 0 Å². The van der Waals surface area contributed by atoms with E-state index in [9.17, 15) is 4.79 Å². The van der Waals surface area contributed by atoms with Crippen LogP contribution in [0.2, 0.25) is 0 Å². The molecule has 2 aromatic rings. The summed E-state index contributed by atoms with van der Waals surface area (Å²) in [6, 6.07) is 13.6. The Morgan fingerprint density at radius 2 is 1.89 bits per heavy atom. The summed E-state index contributed by atoms with van der Waals surface area (Å²) in [7, 11) is 0. The molecule has 0 radical (unpaired) electrons. The number of rotatable bonds is 1. The summed E-state index contributed by atoms with van der Waals surface area (Å²) in [6.07, 6.45) is 0. The summed E-state index contributed by atoms with van der Waals surface area (Å²) in [5.41, 5.74) is 4.54. The van der Waals surface area contributed by atoms with Crippen LogP contribution in [-0.2, 0) is 0 Å². The molecule has 0 saturated heterocycles. The fraction of sp³-hybridized carbons (Fsp3) is 0. The number of hydrogen-bond donors (Lipinski definition) is 3. The van der Waals surface area contributed by atoms with Gasteiger partial charge in [0.25, 0.3) is 5.91 Å². The Bertz CT molecular complexity index is 627. The van der Waals surface area contributed by atoms with E-state index in [2.05, 4.69) is 10.7 Å². The second kappa shape index (κ2) is 4.36. The molecule has 0 fully saturated rings. The average molecular weight is 257 g/mol. The number of hydrogen-bond acceptors (Lipinski definition) is 4. The molecule has 0 aliphatic carbocycles. The lowest BCUT2D eigenvalue weighted by molar-refractivity contribution is 0.0954. The van der Waals surface area contributed by atoms with Crippen LogP contribution in [0.15, 0.2) is 52.3 Å². The molecule has 0 aromatic heterocycles. The van der Waals surface area contributed by atoms with Gasteiger partial charge in [-0.2, -0.15) is 0 Å². The standard InChI is InChI=1S/C13H11N3OS/c14-16-13(17)8-4-3-7-11-12(8)15-9-5-1-2-6-10(9)18-11/h1-7,15H,14H2,(H,16,17). The van der Waals surface area contributed by atoms with E-state index in [1.54, 1.807) is 17.8 Å². The van der Waals surface area contributed by atoms with Gasteiger partial charge in [0.15, 0.2) is 0 Å². The first kappa shape index (κ1) is 11.1. The van der Waals surface area contributed by atoms with E-state index in [1.807, 2.05) is 36.4 Å². The molecule has 0 atom stereocenters. The summed E-state index contributed by atoms with van der Waals surface area (Å²) in [6.45, 7) is 0. The van der Waals surface area contributed by atoms with E-state index in [0.29, 0.717) is 5.56 Å². The minimum atomic E-state index is -0.292. The number of carbonyl (C=O) groups is 1. The number of para-hydroxylation sites is 2. The van der Waals surface area contributed by atoms with Crippen LogP contribution in [-0.4, -0.2) is 5.91 Å². The Hall–Kier alpha value is -1.98. The molecule has 1 aliphatic heterocycles. The first-order chi connectivity index (χ1) is 8.79. The lowest BCUT2D eigenvalue weighted by Gasteiger charge is -2.22. The zero-order valence-electron chi connectivity index (χ0n) is 9.44. The van der Waals surface area contributed by atoms with Crippen LogP contribution >= 0.6 is 11.8 Å². The Kier molecular flexibility index (Phi) is 2.70. The first-order valence-electron chi connectivity index (χ1n) is 5.47. The number of hydrazine groups is 1. The lowest BCUT2D eigenvalue weighted by Crippen LogP contribution is -2.30. The van der Waals surface area contributed by atoms with Crippen LogP contribution in [0, 0.1) is 0 Å². The molecule has 4 nitrogen and oxygen atoms in total. The number of nitrogens with one attached hydrogen (secondary N) is 2. The van der Waals surface area contributed by atoms with Gasteiger partial charge < -0.3 is 5.32 Å². The highest BCUT2D eigenvalue weighted by atomic mass is 32.2. The van der Waals surface area contributed by atoms with E-state index in [4.69, 9.17) is 5.84 Å². The van der Waals surface area contributed by atoms with E-state index < -0.39 is 0 Å². The van der Waals surface area contributed by atoms with Crippen molar-refractivity contribution >= 4 is 29.0 Å². The van der Waals surface area contributed by atoms with Crippen LogP contribution < -0.4 is 16.6 Å². The van der Waals surface area contributed by atoms with Gasteiger partial charge in [-0.1, -0.05) is 30.0 Å². The topological polar surface area (TPSA) is 67.1 Å². The predicted octanol–water partition coefficient (Wildman–Crippen LogP) is 2.50. The molecule has 3 rings (SSSR count). The number of amides is 1. The highest BCUT2D eigenvalue weighted by Crippen LogP contribution is 2.45. The Morgan fingerprint density at radius 1 is 1.11 bits per heavy atom. The van der Waals surface area contributed by atoms with Crippen LogP contribution in [0.4, 0.5) is 11.4 Å². The molecule has 2 aromatic carbocycles. The van der Waals surface area contributed by atoms with Gasteiger partial charge in [0, 0.05) is 9.79 Å². The quantitative estimate of drug-likeness (QED) is 0.356. The maximum Gasteiger partial charge on any atom is 0.267 e. The third-order valence-electron chi connectivity index (χ3n) is 2.77. The van der Waals surface area contributed by atoms with E-state index in [1.165, 1.54) is 0 Å². The van der Waals surface area contributed by atoms with Gasteiger partial charge in [-0.25, -0.2) is 5.84 Å². The van der Waals surface area contributed by atoms with Crippen LogP contribution in [0.3, 0.4) is 0 Å². The SMILES string of the molecule is NNC(=O)c1cccc2c1Nc1ccccc1S2. The smallest absolute Gasteiger partial charge is 0.267 e. The molecule has 5 heteroatoms. The minimum absolute atomic E-state index is 0.292. The van der Waals surface area contributed by atoms with E-state index >= 15 is 0 Å². The average Bonchev–Trinajstić information content (AvgIpc) is 2.43. The zero-order chi connectivity index (χ0) is 12.5. The van der Waals surface area contributed by atoms with Gasteiger partial charge in [-0.3, -0.25) is 10.2 Å². The maximum atomic E-state index is 11.7. The first-order valence-corrected chi connectivity index (χ1v) is 6.29. The number of anilines is 2. The zero-order valence-corrected chi connectivity index (χ0v) is 10.3. The second-order valence-corrected chi connectivity index (χ2v) is 4.96. The van der Waals surface area contributed by atoms with Gasteiger partial charge in [0.05, 0.1) is 16.9 Å². The summed E-state index contributed by atoms with van der Waals surface area (Å²) >= 11 is 1.64. The molecule has 0 bridgehead atoms. The fourth-order valence-electron chi connectivity index (χ4n) is 1.92. The van der Waals surface area contributed by atoms with Crippen molar-refractivity contribution in [1.29, 1.82) is 0 Å². The van der Waals surface area contributed by atoms with Gasteiger partial charge in [-0.05, 0) is 24.3 Å².